The van der Waals surface area contributed by atoms with Crippen LogP contribution in [0.25, 0.3) is 0 Å². The minimum absolute atomic E-state index is 0.238. The molecule has 8 heteroatoms. The summed E-state index contributed by atoms with van der Waals surface area (Å²) < 4.78 is 35.8. The van der Waals surface area contributed by atoms with Gasteiger partial charge in [0.1, 0.15) is 11.5 Å². The number of anilines is 1. The van der Waals surface area contributed by atoms with Crippen LogP contribution in [0.3, 0.4) is 0 Å². The number of rotatable bonds is 7. The molecule has 0 heterocycles. The van der Waals surface area contributed by atoms with Gasteiger partial charge < -0.3 is 14.8 Å². The number of carbonyl (C=O) groups is 1. The molecule has 0 saturated carbocycles. The second-order valence-electron chi connectivity index (χ2n) is 5.76. The summed E-state index contributed by atoms with van der Waals surface area (Å²) in [7, 11) is -0.312. The summed E-state index contributed by atoms with van der Waals surface area (Å²) in [4.78, 5) is 12.4. The Morgan fingerprint density at radius 2 is 1.81 bits per heavy atom. The maximum Gasteiger partial charge on any atom is 0.251 e. The summed E-state index contributed by atoms with van der Waals surface area (Å²) in [6.07, 6.45) is 1.06. The van der Waals surface area contributed by atoms with E-state index in [0.29, 0.717) is 22.7 Å². The van der Waals surface area contributed by atoms with Crippen molar-refractivity contribution in [2.45, 2.75) is 13.5 Å². The standard InChI is InChI=1S/C18H22N2O5S/c1-12-5-6-13(10-16(12)20-26(4,22)23)18(21)19-11-14-9-15(24-2)7-8-17(14)25-3/h5-10,20H,11H2,1-4H3,(H,19,21). The van der Waals surface area contributed by atoms with Gasteiger partial charge in [-0.2, -0.15) is 0 Å². The molecule has 7 nitrogen and oxygen atoms in total. The van der Waals surface area contributed by atoms with Crippen molar-refractivity contribution in [2.75, 3.05) is 25.2 Å². The average Bonchev–Trinajstić information content (AvgIpc) is 2.60. The lowest BCUT2D eigenvalue weighted by Crippen LogP contribution is -2.23. The zero-order chi connectivity index (χ0) is 19.3. The molecular formula is C18H22N2O5S. The van der Waals surface area contributed by atoms with Crippen LogP contribution in [-0.2, 0) is 16.6 Å². The van der Waals surface area contributed by atoms with E-state index in [1.54, 1.807) is 51.5 Å². The number of amides is 1. The topological polar surface area (TPSA) is 93.7 Å². The number of hydrogen-bond acceptors (Lipinski definition) is 5. The molecule has 26 heavy (non-hydrogen) atoms. The van der Waals surface area contributed by atoms with Gasteiger partial charge in [-0.3, -0.25) is 9.52 Å². The predicted molar refractivity (Wildman–Crippen MR) is 100 cm³/mol. The van der Waals surface area contributed by atoms with Crippen LogP contribution < -0.4 is 19.5 Å². The van der Waals surface area contributed by atoms with Gasteiger partial charge in [-0.1, -0.05) is 6.07 Å². The van der Waals surface area contributed by atoms with Gasteiger partial charge in [0.05, 0.1) is 26.2 Å². The van der Waals surface area contributed by atoms with Crippen LogP contribution in [0.5, 0.6) is 11.5 Å². The Labute approximate surface area is 153 Å². The second-order valence-corrected chi connectivity index (χ2v) is 7.51. The van der Waals surface area contributed by atoms with Crippen molar-refractivity contribution >= 4 is 21.6 Å². The number of aryl methyl sites for hydroxylation is 1. The van der Waals surface area contributed by atoms with Crippen LogP contribution >= 0.6 is 0 Å². The minimum Gasteiger partial charge on any atom is -0.497 e. The third kappa shape index (κ3) is 5.13. The highest BCUT2D eigenvalue weighted by Crippen LogP contribution is 2.24. The lowest BCUT2D eigenvalue weighted by molar-refractivity contribution is 0.0950. The third-order valence-electron chi connectivity index (χ3n) is 3.72. The monoisotopic (exact) mass is 378 g/mol. The normalized spacial score (nSPS) is 10.9. The Balaban J connectivity index is 2.17. The molecule has 0 aliphatic rings. The molecule has 0 spiro atoms. The lowest BCUT2D eigenvalue weighted by Gasteiger charge is -2.13. The third-order valence-corrected chi connectivity index (χ3v) is 4.31. The zero-order valence-corrected chi connectivity index (χ0v) is 15.9. The van der Waals surface area contributed by atoms with Gasteiger partial charge in [-0.25, -0.2) is 8.42 Å². The zero-order valence-electron chi connectivity index (χ0n) is 15.1. The van der Waals surface area contributed by atoms with Crippen LogP contribution in [0.15, 0.2) is 36.4 Å². The Morgan fingerprint density at radius 3 is 2.42 bits per heavy atom. The first-order valence-corrected chi connectivity index (χ1v) is 9.70. The van der Waals surface area contributed by atoms with Gasteiger partial charge in [0.15, 0.2) is 0 Å². The second kappa shape index (κ2) is 8.09. The van der Waals surface area contributed by atoms with Crippen LogP contribution in [-0.4, -0.2) is 34.8 Å². The Morgan fingerprint density at radius 1 is 1.08 bits per heavy atom. The minimum atomic E-state index is -3.43. The van der Waals surface area contributed by atoms with Crippen molar-refractivity contribution in [1.82, 2.24) is 5.32 Å². The molecule has 0 bridgehead atoms. The lowest BCUT2D eigenvalue weighted by atomic mass is 10.1. The summed E-state index contributed by atoms with van der Waals surface area (Å²) in [5, 5.41) is 2.80. The number of hydrogen-bond donors (Lipinski definition) is 2. The number of methoxy groups -OCH3 is 2. The first kappa shape index (κ1) is 19.6. The molecule has 0 aliphatic heterocycles. The summed E-state index contributed by atoms with van der Waals surface area (Å²) in [6, 6.07) is 10.2. The van der Waals surface area contributed by atoms with Crippen molar-refractivity contribution in [3.8, 4) is 11.5 Å². The average molecular weight is 378 g/mol. The highest BCUT2D eigenvalue weighted by molar-refractivity contribution is 7.92. The summed E-state index contributed by atoms with van der Waals surface area (Å²) in [5.41, 5.74) is 2.21. The molecule has 2 aromatic carbocycles. The van der Waals surface area contributed by atoms with Gasteiger partial charge in [0.25, 0.3) is 5.91 Å². The van der Waals surface area contributed by atoms with E-state index in [1.807, 2.05) is 0 Å². The molecule has 0 saturated heterocycles. The maximum absolute atomic E-state index is 12.4. The van der Waals surface area contributed by atoms with E-state index in [9.17, 15) is 13.2 Å². The summed E-state index contributed by atoms with van der Waals surface area (Å²) in [6.45, 7) is 2.00. The molecule has 0 atom stereocenters. The van der Waals surface area contributed by atoms with Crippen molar-refractivity contribution in [3.05, 3.63) is 53.1 Å². The van der Waals surface area contributed by atoms with Crippen molar-refractivity contribution in [2.24, 2.45) is 0 Å². The van der Waals surface area contributed by atoms with E-state index >= 15 is 0 Å². The first-order chi connectivity index (χ1) is 12.2. The van der Waals surface area contributed by atoms with Gasteiger partial charge in [-0.15, -0.1) is 0 Å². The molecule has 140 valence electrons. The number of sulfonamides is 1. The smallest absolute Gasteiger partial charge is 0.251 e. The molecule has 0 radical (unpaired) electrons. The number of carbonyl (C=O) groups excluding carboxylic acids is 1. The maximum atomic E-state index is 12.4. The fourth-order valence-corrected chi connectivity index (χ4v) is 2.99. The van der Waals surface area contributed by atoms with Crippen LogP contribution in [0, 0.1) is 6.92 Å². The largest absolute Gasteiger partial charge is 0.497 e. The Bertz CT molecular complexity index is 910. The predicted octanol–water partition coefficient (Wildman–Crippen LogP) is 2.31. The molecular weight excluding hydrogens is 356 g/mol. The number of benzene rings is 2. The van der Waals surface area contributed by atoms with Crippen molar-refractivity contribution in [1.29, 1.82) is 0 Å². The molecule has 2 aromatic rings. The molecule has 2 rings (SSSR count). The van der Waals surface area contributed by atoms with Crippen LogP contribution in [0.4, 0.5) is 5.69 Å². The quantitative estimate of drug-likeness (QED) is 0.771. The van der Waals surface area contributed by atoms with E-state index in [0.717, 1.165) is 17.4 Å². The number of ether oxygens (including phenoxy) is 2. The molecule has 0 aromatic heterocycles. The van der Waals surface area contributed by atoms with Gasteiger partial charge in [0, 0.05) is 17.7 Å². The fourth-order valence-electron chi connectivity index (χ4n) is 2.37. The van der Waals surface area contributed by atoms with Crippen LogP contribution in [0.2, 0.25) is 0 Å². The molecule has 1 amide bonds. The van der Waals surface area contributed by atoms with Crippen molar-refractivity contribution < 1.29 is 22.7 Å². The van der Waals surface area contributed by atoms with E-state index < -0.39 is 10.0 Å². The Hall–Kier alpha value is -2.74. The van der Waals surface area contributed by atoms with E-state index in [4.69, 9.17) is 9.47 Å². The van der Waals surface area contributed by atoms with Gasteiger partial charge in [0.2, 0.25) is 10.0 Å². The highest BCUT2D eigenvalue weighted by atomic mass is 32.2. The first-order valence-electron chi connectivity index (χ1n) is 7.81. The highest BCUT2D eigenvalue weighted by Gasteiger charge is 2.12. The van der Waals surface area contributed by atoms with Crippen LogP contribution in [0.1, 0.15) is 21.5 Å². The van der Waals surface area contributed by atoms with E-state index in [2.05, 4.69) is 10.0 Å². The fraction of sp³-hybridized carbons (Fsp3) is 0.278. The summed E-state index contributed by atoms with van der Waals surface area (Å²) >= 11 is 0. The number of nitrogens with one attached hydrogen (secondary N) is 2. The summed E-state index contributed by atoms with van der Waals surface area (Å²) in [5.74, 6) is 0.964. The SMILES string of the molecule is COc1ccc(OC)c(CNC(=O)c2ccc(C)c(NS(C)(=O)=O)c2)c1. The molecule has 0 fully saturated rings. The van der Waals surface area contributed by atoms with E-state index in [1.165, 1.54) is 6.07 Å². The van der Waals surface area contributed by atoms with Gasteiger partial charge >= 0.3 is 0 Å². The van der Waals surface area contributed by atoms with E-state index in [-0.39, 0.29) is 12.5 Å². The molecule has 2 N–H and O–H groups in total. The molecule has 0 unspecified atom stereocenters. The Kier molecular flexibility index (Phi) is 6.10. The van der Waals surface area contributed by atoms with Gasteiger partial charge in [-0.05, 0) is 42.8 Å². The molecule has 0 aliphatic carbocycles. The van der Waals surface area contributed by atoms with Crippen molar-refractivity contribution in [3.63, 3.8) is 0 Å².